The standard InChI is InChI=1S/C23H28N2O7/c1-14(21(26)24-28)25-11-10-23(2,22(25)27)15-6-8-16(9-7-15)32-17-12-18(29-3)20(31-5)19(13-17)30-4/h6-9,12-14,28H,10-11H2,1-5H3,(H,24,26). The van der Waals surface area contributed by atoms with Gasteiger partial charge in [-0.05, 0) is 38.0 Å². The summed E-state index contributed by atoms with van der Waals surface area (Å²) in [5, 5.41) is 8.87. The van der Waals surface area contributed by atoms with E-state index in [0.717, 1.165) is 5.56 Å². The fourth-order valence-corrected chi connectivity index (χ4v) is 3.88. The Kier molecular flexibility index (Phi) is 6.78. The van der Waals surface area contributed by atoms with Crippen LogP contribution in [0.3, 0.4) is 0 Å². The lowest BCUT2D eigenvalue weighted by atomic mass is 9.81. The van der Waals surface area contributed by atoms with E-state index in [0.29, 0.717) is 41.7 Å². The lowest BCUT2D eigenvalue weighted by Gasteiger charge is -2.27. The summed E-state index contributed by atoms with van der Waals surface area (Å²) >= 11 is 0. The highest BCUT2D eigenvalue weighted by Crippen LogP contribution is 2.42. The quantitative estimate of drug-likeness (QED) is 0.476. The van der Waals surface area contributed by atoms with Crippen LogP contribution in [0.15, 0.2) is 36.4 Å². The third-order valence-corrected chi connectivity index (χ3v) is 5.91. The highest BCUT2D eigenvalue weighted by atomic mass is 16.5. The molecule has 2 unspecified atom stereocenters. The Morgan fingerprint density at radius 1 is 1.06 bits per heavy atom. The largest absolute Gasteiger partial charge is 0.493 e. The fraction of sp³-hybridized carbons (Fsp3) is 0.391. The van der Waals surface area contributed by atoms with Crippen LogP contribution in [-0.2, 0) is 15.0 Å². The average molecular weight is 444 g/mol. The number of carbonyl (C=O) groups is 2. The van der Waals surface area contributed by atoms with Crippen LogP contribution in [0.2, 0.25) is 0 Å². The van der Waals surface area contributed by atoms with Crippen LogP contribution in [0.25, 0.3) is 0 Å². The zero-order valence-corrected chi connectivity index (χ0v) is 18.8. The topological polar surface area (TPSA) is 107 Å². The molecule has 1 fully saturated rings. The molecule has 32 heavy (non-hydrogen) atoms. The van der Waals surface area contributed by atoms with Gasteiger partial charge in [-0.2, -0.15) is 0 Å². The van der Waals surface area contributed by atoms with Crippen LogP contribution in [0.1, 0.15) is 25.8 Å². The number of methoxy groups -OCH3 is 3. The third-order valence-electron chi connectivity index (χ3n) is 5.91. The van der Waals surface area contributed by atoms with E-state index < -0.39 is 17.4 Å². The minimum Gasteiger partial charge on any atom is -0.493 e. The summed E-state index contributed by atoms with van der Waals surface area (Å²) < 4.78 is 22.0. The summed E-state index contributed by atoms with van der Waals surface area (Å²) in [5.74, 6) is 1.72. The summed E-state index contributed by atoms with van der Waals surface area (Å²) in [5.41, 5.74) is 1.66. The van der Waals surface area contributed by atoms with Gasteiger partial charge in [-0.15, -0.1) is 0 Å². The Balaban J connectivity index is 1.80. The number of ether oxygens (including phenoxy) is 4. The number of carbonyl (C=O) groups excluding carboxylic acids is 2. The Hall–Kier alpha value is -3.46. The van der Waals surface area contributed by atoms with Crippen molar-refractivity contribution in [2.75, 3.05) is 27.9 Å². The number of likely N-dealkylation sites (tertiary alicyclic amines) is 1. The first-order valence-corrected chi connectivity index (χ1v) is 10.1. The molecule has 9 heteroatoms. The molecule has 1 heterocycles. The van der Waals surface area contributed by atoms with Gasteiger partial charge in [-0.1, -0.05) is 12.1 Å². The predicted molar refractivity (Wildman–Crippen MR) is 116 cm³/mol. The molecule has 0 aliphatic carbocycles. The molecule has 172 valence electrons. The summed E-state index contributed by atoms with van der Waals surface area (Å²) in [6, 6.07) is 9.88. The third kappa shape index (κ3) is 4.16. The molecular weight excluding hydrogens is 416 g/mol. The van der Waals surface area contributed by atoms with Crippen molar-refractivity contribution in [3.05, 3.63) is 42.0 Å². The number of benzene rings is 2. The number of hydrogen-bond donors (Lipinski definition) is 2. The lowest BCUT2D eigenvalue weighted by molar-refractivity contribution is -0.143. The van der Waals surface area contributed by atoms with E-state index >= 15 is 0 Å². The molecule has 0 saturated carbocycles. The molecular formula is C23H28N2O7. The van der Waals surface area contributed by atoms with Crippen molar-refractivity contribution in [1.82, 2.24) is 10.4 Å². The van der Waals surface area contributed by atoms with E-state index in [9.17, 15) is 9.59 Å². The van der Waals surface area contributed by atoms with Crippen molar-refractivity contribution in [2.45, 2.75) is 31.7 Å². The lowest BCUT2D eigenvalue weighted by Crippen LogP contribution is -2.47. The van der Waals surface area contributed by atoms with Crippen LogP contribution in [-0.4, -0.2) is 55.8 Å². The van der Waals surface area contributed by atoms with Gasteiger partial charge in [-0.3, -0.25) is 14.8 Å². The minimum absolute atomic E-state index is 0.160. The molecule has 0 spiro atoms. The summed E-state index contributed by atoms with van der Waals surface area (Å²) in [7, 11) is 4.59. The van der Waals surface area contributed by atoms with Crippen molar-refractivity contribution >= 4 is 11.8 Å². The number of nitrogens with one attached hydrogen (secondary N) is 1. The van der Waals surface area contributed by atoms with Crippen molar-refractivity contribution in [2.24, 2.45) is 0 Å². The van der Waals surface area contributed by atoms with Gasteiger partial charge in [0.15, 0.2) is 11.5 Å². The predicted octanol–water partition coefficient (Wildman–Crippen LogP) is 2.89. The van der Waals surface area contributed by atoms with Crippen molar-refractivity contribution in [1.29, 1.82) is 0 Å². The minimum atomic E-state index is -0.769. The van der Waals surface area contributed by atoms with E-state index in [1.165, 1.54) is 26.2 Å². The van der Waals surface area contributed by atoms with E-state index in [1.54, 1.807) is 36.7 Å². The van der Waals surface area contributed by atoms with Gasteiger partial charge in [-0.25, -0.2) is 5.48 Å². The van der Waals surface area contributed by atoms with E-state index in [1.807, 2.05) is 19.1 Å². The second kappa shape index (κ2) is 9.35. The maximum absolute atomic E-state index is 13.1. The smallest absolute Gasteiger partial charge is 0.265 e. The Bertz CT molecular complexity index is 967. The molecule has 1 aliphatic rings. The summed E-state index contributed by atoms with van der Waals surface area (Å²) in [6.45, 7) is 3.87. The van der Waals surface area contributed by atoms with E-state index in [4.69, 9.17) is 24.2 Å². The van der Waals surface area contributed by atoms with Gasteiger partial charge >= 0.3 is 0 Å². The fourth-order valence-electron chi connectivity index (χ4n) is 3.88. The maximum atomic E-state index is 13.1. The first kappa shape index (κ1) is 23.2. The molecule has 2 amide bonds. The van der Waals surface area contributed by atoms with Crippen molar-refractivity contribution < 1.29 is 33.7 Å². The Morgan fingerprint density at radius 2 is 1.66 bits per heavy atom. The molecule has 0 bridgehead atoms. The van der Waals surface area contributed by atoms with Gasteiger partial charge < -0.3 is 23.8 Å². The number of amides is 2. The van der Waals surface area contributed by atoms with Gasteiger partial charge in [0, 0.05) is 18.7 Å². The van der Waals surface area contributed by atoms with Crippen LogP contribution in [0.4, 0.5) is 0 Å². The maximum Gasteiger partial charge on any atom is 0.265 e. The van der Waals surface area contributed by atoms with Crippen LogP contribution >= 0.6 is 0 Å². The van der Waals surface area contributed by atoms with E-state index in [2.05, 4.69) is 0 Å². The zero-order valence-electron chi connectivity index (χ0n) is 18.8. The first-order chi connectivity index (χ1) is 15.3. The SMILES string of the molecule is COc1cc(Oc2ccc(C3(C)CCN(C(C)C(=O)NO)C3=O)cc2)cc(OC)c1OC. The Labute approximate surface area is 186 Å². The second-order valence-corrected chi connectivity index (χ2v) is 7.72. The number of hydroxylamine groups is 1. The average Bonchev–Trinajstić information content (AvgIpc) is 3.12. The molecule has 2 aromatic carbocycles. The molecule has 0 radical (unpaired) electrons. The van der Waals surface area contributed by atoms with E-state index in [-0.39, 0.29) is 5.91 Å². The highest BCUT2D eigenvalue weighted by Gasteiger charge is 2.46. The van der Waals surface area contributed by atoms with Crippen LogP contribution < -0.4 is 24.4 Å². The Morgan fingerprint density at radius 3 is 2.16 bits per heavy atom. The van der Waals surface area contributed by atoms with Gasteiger partial charge in [0.05, 0.1) is 26.7 Å². The monoisotopic (exact) mass is 444 g/mol. The molecule has 1 saturated heterocycles. The highest BCUT2D eigenvalue weighted by molar-refractivity contribution is 5.94. The molecule has 2 N–H and O–H groups in total. The number of rotatable bonds is 8. The van der Waals surface area contributed by atoms with Crippen molar-refractivity contribution in [3.8, 4) is 28.7 Å². The van der Waals surface area contributed by atoms with Gasteiger partial charge in [0.1, 0.15) is 17.5 Å². The molecule has 3 rings (SSSR count). The second-order valence-electron chi connectivity index (χ2n) is 7.72. The first-order valence-electron chi connectivity index (χ1n) is 10.1. The molecule has 9 nitrogen and oxygen atoms in total. The molecule has 2 aromatic rings. The summed E-state index contributed by atoms with van der Waals surface area (Å²) in [6.07, 6.45) is 0.558. The van der Waals surface area contributed by atoms with Gasteiger partial charge in [0.2, 0.25) is 11.7 Å². The van der Waals surface area contributed by atoms with Crippen LogP contribution in [0, 0.1) is 0 Å². The normalized spacial score (nSPS) is 18.8. The van der Waals surface area contributed by atoms with Crippen LogP contribution in [0.5, 0.6) is 28.7 Å². The van der Waals surface area contributed by atoms with Gasteiger partial charge in [0.25, 0.3) is 5.91 Å². The zero-order chi connectivity index (χ0) is 23.5. The summed E-state index contributed by atoms with van der Waals surface area (Å²) in [4.78, 5) is 26.3. The molecule has 1 aliphatic heterocycles. The number of hydrogen-bond acceptors (Lipinski definition) is 7. The number of nitrogens with zero attached hydrogens (tertiary/aromatic N) is 1. The molecule has 0 aromatic heterocycles. The molecule has 2 atom stereocenters. The van der Waals surface area contributed by atoms with Crippen molar-refractivity contribution in [3.63, 3.8) is 0 Å².